The van der Waals surface area contributed by atoms with E-state index < -0.39 is 0 Å². The molecular formula is C25H32N2O3. The second-order valence-corrected chi connectivity index (χ2v) is 11.1. The van der Waals surface area contributed by atoms with Gasteiger partial charge in [0.1, 0.15) is 11.3 Å². The van der Waals surface area contributed by atoms with Gasteiger partial charge in [0.15, 0.2) is 5.78 Å². The van der Waals surface area contributed by atoms with E-state index in [1.165, 1.54) is 43.2 Å². The van der Waals surface area contributed by atoms with Gasteiger partial charge in [-0.2, -0.15) is 0 Å². The normalized spacial score (nSPS) is 40.2. The molecule has 1 N–H and O–H groups in total. The molecule has 0 aliphatic heterocycles. The van der Waals surface area contributed by atoms with Crippen LogP contribution in [-0.4, -0.2) is 27.9 Å². The summed E-state index contributed by atoms with van der Waals surface area (Å²) in [6.07, 6.45) is 13.3. The summed E-state index contributed by atoms with van der Waals surface area (Å²) >= 11 is 0. The van der Waals surface area contributed by atoms with E-state index in [-0.39, 0.29) is 22.9 Å². The zero-order valence-electron chi connectivity index (χ0n) is 18.1. The van der Waals surface area contributed by atoms with E-state index in [4.69, 9.17) is 4.74 Å². The van der Waals surface area contributed by atoms with Crippen LogP contribution in [0.25, 0.3) is 0 Å². The predicted octanol–water partition coefficient (Wildman–Crippen LogP) is 5.11. The maximum Gasteiger partial charge on any atom is 0.303 e. The summed E-state index contributed by atoms with van der Waals surface area (Å²) < 4.78 is 5.99. The monoisotopic (exact) mass is 408 g/mol. The molecule has 2 atom stereocenters. The number of carbonyl (C=O) groups excluding carboxylic acids is 2. The van der Waals surface area contributed by atoms with Crippen molar-refractivity contribution < 1.29 is 14.3 Å². The molecule has 30 heavy (non-hydrogen) atoms. The number of hydrogen-bond donors (Lipinski definition) is 1. The highest BCUT2D eigenvalue weighted by atomic mass is 16.6. The number of aromatic nitrogens is 1. The van der Waals surface area contributed by atoms with E-state index in [0.717, 1.165) is 37.8 Å². The number of nitrogens with one attached hydrogen (secondary N) is 1. The van der Waals surface area contributed by atoms with Gasteiger partial charge in [0.05, 0.1) is 11.9 Å². The SMILES string of the molecule is CC(=O)OC12CC3CC(CC(Nc4cnc(C(C)=O)c5c4C4CCC5CC4)(C3)C1)C2. The van der Waals surface area contributed by atoms with Crippen molar-refractivity contribution in [2.45, 2.75) is 101 Å². The van der Waals surface area contributed by atoms with Gasteiger partial charge in [-0.25, -0.2) is 0 Å². The molecule has 0 spiro atoms. The van der Waals surface area contributed by atoms with Crippen molar-refractivity contribution in [2.75, 3.05) is 5.32 Å². The van der Waals surface area contributed by atoms with Gasteiger partial charge in [-0.1, -0.05) is 0 Å². The molecular weight excluding hydrogens is 376 g/mol. The van der Waals surface area contributed by atoms with Crippen molar-refractivity contribution in [3.63, 3.8) is 0 Å². The standard InChI is InChI=1S/C25H32N2O3/c1-14(28)23-22-19-5-3-18(4-6-19)21(22)20(12-26-23)27-24-8-16-7-17(9-24)11-25(10-16,13-24)30-15(2)29/h12,16-19,27H,3-11,13H2,1-2H3. The third-order valence-corrected chi connectivity index (χ3v) is 8.80. The topological polar surface area (TPSA) is 68.3 Å². The van der Waals surface area contributed by atoms with Crippen molar-refractivity contribution in [3.8, 4) is 0 Å². The molecule has 0 amide bonds. The van der Waals surface area contributed by atoms with Crippen LogP contribution in [-0.2, 0) is 9.53 Å². The van der Waals surface area contributed by atoms with Crippen LogP contribution in [0.2, 0.25) is 0 Å². The number of carbonyl (C=O) groups is 2. The molecule has 8 rings (SSSR count). The van der Waals surface area contributed by atoms with E-state index in [2.05, 4.69) is 10.3 Å². The number of nitrogens with zero attached hydrogens (tertiary/aromatic N) is 1. The molecule has 7 aliphatic rings. The van der Waals surface area contributed by atoms with Crippen LogP contribution in [0.4, 0.5) is 5.69 Å². The molecule has 160 valence electrons. The Bertz CT molecular complexity index is 917. The van der Waals surface area contributed by atoms with Gasteiger partial charge in [0, 0.05) is 25.8 Å². The predicted molar refractivity (Wildman–Crippen MR) is 114 cm³/mol. The lowest BCUT2D eigenvalue weighted by molar-refractivity contribution is -0.185. The average Bonchev–Trinajstić information content (AvgIpc) is 2.66. The molecule has 1 heterocycles. The Morgan fingerprint density at radius 3 is 2.23 bits per heavy atom. The van der Waals surface area contributed by atoms with Crippen LogP contribution in [0.1, 0.15) is 112 Å². The van der Waals surface area contributed by atoms with E-state index in [1.807, 2.05) is 6.20 Å². The van der Waals surface area contributed by atoms with E-state index in [9.17, 15) is 9.59 Å². The molecule has 5 nitrogen and oxygen atoms in total. The fourth-order valence-electron chi connectivity index (χ4n) is 8.48. The smallest absolute Gasteiger partial charge is 0.303 e. The lowest BCUT2D eigenvalue weighted by atomic mass is 9.51. The number of hydrogen-bond acceptors (Lipinski definition) is 5. The number of esters is 1. The van der Waals surface area contributed by atoms with Crippen LogP contribution < -0.4 is 5.32 Å². The van der Waals surface area contributed by atoms with Gasteiger partial charge in [0.2, 0.25) is 0 Å². The fourth-order valence-corrected chi connectivity index (χ4v) is 8.48. The van der Waals surface area contributed by atoms with E-state index in [0.29, 0.717) is 29.4 Å². The Morgan fingerprint density at radius 2 is 1.63 bits per heavy atom. The maximum atomic E-state index is 12.3. The summed E-state index contributed by atoms with van der Waals surface area (Å²) in [4.78, 5) is 28.9. The second-order valence-electron chi connectivity index (χ2n) is 11.1. The minimum atomic E-state index is -0.283. The molecule has 5 fully saturated rings. The third kappa shape index (κ3) is 2.76. The van der Waals surface area contributed by atoms with Gasteiger partial charge in [-0.05, 0) is 92.6 Å². The number of anilines is 1. The molecule has 6 bridgehead atoms. The Morgan fingerprint density at radius 1 is 1.00 bits per heavy atom. The number of fused-ring (bicyclic) bond motifs is 2. The molecule has 5 saturated carbocycles. The molecule has 1 aromatic rings. The number of Topliss-reactive ketones (excluding diaryl/α,β-unsaturated/α-hetero) is 1. The largest absolute Gasteiger partial charge is 0.459 e. The first-order valence-electron chi connectivity index (χ1n) is 11.9. The molecule has 2 unspecified atom stereocenters. The lowest BCUT2D eigenvalue weighted by Crippen LogP contribution is -2.63. The van der Waals surface area contributed by atoms with Gasteiger partial charge in [-0.15, -0.1) is 0 Å². The van der Waals surface area contributed by atoms with Crippen molar-refractivity contribution in [2.24, 2.45) is 11.8 Å². The third-order valence-electron chi connectivity index (χ3n) is 8.80. The van der Waals surface area contributed by atoms with Crippen LogP contribution in [0.15, 0.2) is 6.20 Å². The van der Waals surface area contributed by atoms with Crippen molar-refractivity contribution in [1.82, 2.24) is 4.98 Å². The first kappa shape index (κ1) is 18.8. The average molecular weight is 409 g/mol. The molecule has 0 aromatic carbocycles. The zero-order chi connectivity index (χ0) is 20.7. The van der Waals surface area contributed by atoms with Crippen LogP contribution in [0.5, 0.6) is 0 Å². The molecule has 0 saturated heterocycles. The summed E-state index contributed by atoms with van der Waals surface area (Å²) in [7, 11) is 0. The van der Waals surface area contributed by atoms with Crippen molar-refractivity contribution in [1.29, 1.82) is 0 Å². The van der Waals surface area contributed by atoms with E-state index >= 15 is 0 Å². The van der Waals surface area contributed by atoms with Crippen molar-refractivity contribution >= 4 is 17.4 Å². The number of rotatable bonds is 4. The molecule has 0 radical (unpaired) electrons. The molecule has 7 aliphatic carbocycles. The number of ether oxygens (including phenoxy) is 1. The highest BCUT2D eigenvalue weighted by Gasteiger charge is 2.59. The van der Waals surface area contributed by atoms with Gasteiger partial charge in [0.25, 0.3) is 0 Å². The molecule has 5 heteroatoms. The second kappa shape index (κ2) is 6.30. The minimum Gasteiger partial charge on any atom is -0.459 e. The number of ketones is 1. The lowest BCUT2D eigenvalue weighted by Gasteiger charge is -2.61. The van der Waals surface area contributed by atoms with Gasteiger partial charge < -0.3 is 10.1 Å². The van der Waals surface area contributed by atoms with Gasteiger partial charge in [-0.3, -0.25) is 14.6 Å². The summed E-state index contributed by atoms with van der Waals surface area (Å²) in [6, 6.07) is 0. The number of pyridine rings is 1. The highest BCUT2D eigenvalue weighted by molar-refractivity contribution is 5.95. The quantitative estimate of drug-likeness (QED) is 0.554. The van der Waals surface area contributed by atoms with Crippen LogP contribution in [0, 0.1) is 11.8 Å². The Labute approximate surface area is 178 Å². The fraction of sp³-hybridized carbons (Fsp3) is 0.720. The molecule has 1 aromatic heterocycles. The minimum absolute atomic E-state index is 0.0105. The van der Waals surface area contributed by atoms with E-state index in [1.54, 1.807) is 13.8 Å². The van der Waals surface area contributed by atoms with Crippen molar-refractivity contribution in [3.05, 3.63) is 23.0 Å². The summed E-state index contributed by atoms with van der Waals surface area (Å²) in [5.74, 6) is 2.25. The highest BCUT2D eigenvalue weighted by Crippen LogP contribution is 2.61. The Balaban J connectivity index is 1.40. The summed E-state index contributed by atoms with van der Waals surface area (Å²) in [6.45, 7) is 3.20. The maximum absolute atomic E-state index is 12.3. The Kier molecular flexibility index (Phi) is 3.96. The van der Waals surface area contributed by atoms with Gasteiger partial charge >= 0.3 is 5.97 Å². The summed E-state index contributed by atoms with van der Waals surface area (Å²) in [5.41, 5.74) is 4.19. The summed E-state index contributed by atoms with van der Waals surface area (Å²) in [5, 5.41) is 4.00. The van der Waals surface area contributed by atoms with Crippen LogP contribution in [0.3, 0.4) is 0 Å². The first-order chi connectivity index (χ1) is 14.4. The first-order valence-corrected chi connectivity index (χ1v) is 11.9. The Hall–Kier alpha value is -1.91. The zero-order valence-corrected chi connectivity index (χ0v) is 18.1. The van der Waals surface area contributed by atoms with Crippen LogP contribution >= 0.6 is 0 Å².